The first-order valence-electron chi connectivity index (χ1n) is 10.2. The van der Waals surface area contributed by atoms with Crippen molar-refractivity contribution < 1.29 is 28.7 Å². The monoisotopic (exact) mass is 485 g/mol. The molecule has 0 spiro atoms. The van der Waals surface area contributed by atoms with Gasteiger partial charge >= 0.3 is 5.97 Å². The van der Waals surface area contributed by atoms with Crippen LogP contribution in [-0.4, -0.2) is 73.0 Å². The fraction of sp³-hybridized carbons (Fsp3) is 0.632. The van der Waals surface area contributed by atoms with E-state index in [0.29, 0.717) is 12.8 Å². The maximum atomic E-state index is 14.1. The van der Waals surface area contributed by atoms with Crippen molar-refractivity contribution in [3.63, 3.8) is 0 Å². The molecule has 2 saturated heterocycles. The number of nitrogen functional groups attached to an aromatic ring is 1. The van der Waals surface area contributed by atoms with Crippen LogP contribution in [0.25, 0.3) is 0 Å². The van der Waals surface area contributed by atoms with Crippen LogP contribution in [0.5, 0.6) is 0 Å². The quantitative estimate of drug-likeness (QED) is 0.311. The van der Waals surface area contributed by atoms with Crippen LogP contribution in [0.1, 0.15) is 45.2 Å². The van der Waals surface area contributed by atoms with Gasteiger partial charge < -0.3 is 25.9 Å². The van der Waals surface area contributed by atoms with Crippen LogP contribution in [0.4, 0.5) is 9.52 Å². The van der Waals surface area contributed by atoms with Gasteiger partial charge in [-0.25, -0.2) is 14.2 Å². The van der Waals surface area contributed by atoms with Crippen LogP contribution in [0.15, 0.2) is 10.5 Å². The summed E-state index contributed by atoms with van der Waals surface area (Å²) in [6.07, 6.45) is 0.497. The van der Waals surface area contributed by atoms with Crippen LogP contribution in [0.2, 0.25) is 0 Å². The maximum Gasteiger partial charge on any atom is 0.327 e. The van der Waals surface area contributed by atoms with Gasteiger partial charge in [0.25, 0.3) is 5.91 Å². The summed E-state index contributed by atoms with van der Waals surface area (Å²) in [7, 11) is 0. The Bertz CT molecular complexity index is 970. The minimum absolute atomic E-state index is 0.155. The number of alkyl halides is 1. The molecule has 2 amide bonds. The zero-order valence-corrected chi connectivity index (χ0v) is 19.1. The average Bonchev–Trinajstić information content (AvgIpc) is 3.26. The van der Waals surface area contributed by atoms with Gasteiger partial charge in [-0.1, -0.05) is 11.6 Å². The number of carboxylic acids is 1. The molecule has 3 aliphatic rings. The number of carbonyl (C=O) groups excluding carboxylic acids is 2. The molecule has 3 heterocycles. The second kappa shape index (κ2) is 8.50. The van der Waals surface area contributed by atoms with Gasteiger partial charge in [-0.3, -0.25) is 9.59 Å². The molecule has 13 heteroatoms. The number of aliphatic carboxylic acids is 1. The molecule has 4 N–H and O–H groups in total. The summed E-state index contributed by atoms with van der Waals surface area (Å²) in [6.45, 7) is 3.49. The van der Waals surface area contributed by atoms with Gasteiger partial charge in [0, 0.05) is 10.1 Å². The number of carbonyl (C=O) groups is 3. The highest BCUT2D eigenvalue weighted by molar-refractivity contribution is 8.01. The summed E-state index contributed by atoms with van der Waals surface area (Å²) in [6, 6.07) is -1.90. The summed E-state index contributed by atoms with van der Waals surface area (Å²) in [5.41, 5.74) is 5.63. The molecular formula is C19H24FN5O5S2. The normalized spacial score (nSPS) is 31.6. The van der Waals surface area contributed by atoms with E-state index in [4.69, 9.17) is 10.6 Å². The van der Waals surface area contributed by atoms with Crippen molar-refractivity contribution in [2.75, 3.05) is 5.73 Å². The van der Waals surface area contributed by atoms with E-state index < -0.39 is 52.3 Å². The lowest BCUT2D eigenvalue weighted by molar-refractivity contribution is -0.160. The third-order valence-corrected chi connectivity index (χ3v) is 8.09. The van der Waals surface area contributed by atoms with Gasteiger partial charge in [0.05, 0.1) is 0 Å². The number of hydrogen-bond donors (Lipinski definition) is 3. The van der Waals surface area contributed by atoms with Crippen LogP contribution in [0, 0.1) is 0 Å². The molecule has 0 bridgehead atoms. The lowest BCUT2D eigenvalue weighted by atomic mass is 9.96. The first kappa shape index (κ1) is 22.8. The number of rotatable bonds is 6. The van der Waals surface area contributed by atoms with Gasteiger partial charge in [-0.15, -0.1) is 23.1 Å². The van der Waals surface area contributed by atoms with Crippen molar-refractivity contribution in [3.8, 4) is 0 Å². The number of anilines is 1. The number of nitrogens with one attached hydrogen (secondary N) is 1. The molecule has 0 unspecified atom stereocenters. The SMILES string of the molecule is CC1(C)S[C@@H]2[C@@H](NC(=O)C(=NO[C@@H]3CCCC[C@H]3F)c3csc(N)n3)C(=O)N2[C@H]1C(=O)O. The molecule has 1 aromatic heterocycles. The summed E-state index contributed by atoms with van der Waals surface area (Å²) in [4.78, 5) is 48.1. The number of fused-ring (bicyclic) bond motifs is 1. The Morgan fingerprint density at radius 1 is 1.41 bits per heavy atom. The fourth-order valence-corrected chi connectivity index (χ4v) is 6.42. The number of nitrogens with zero attached hydrogens (tertiary/aromatic N) is 3. The second-order valence-electron chi connectivity index (χ2n) is 8.50. The summed E-state index contributed by atoms with van der Waals surface area (Å²) < 4.78 is 13.4. The minimum Gasteiger partial charge on any atom is -0.480 e. The average molecular weight is 486 g/mol. The number of aromatic nitrogens is 1. The smallest absolute Gasteiger partial charge is 0.327 e. The van der Waals surface area contributed by atoms with Crippen LogP contribution >= 0.6 is 23.1 Å². The molecule has 10 nitrogen and oxygen atoms in total. The van der Waals surface area contributed by atoms with Crippen molar-refractivity contribution in [3.05, 3.63) is 11.1 Å². The van der Waals surface area contributed by atoms with E-state index in [2.05, 4.69) is 15.5 Å². The van der Waals surface area contributed by atoms with E-state index in [1.807, 2.05) is 0 Å². The third kappa shape index (κ3) is 4.03. The van der Waals surface area contributed by atoms with E-state index >= 15 is 0 Å². The molecule has 0 radical (unpaired) electrons. The van der Waals surface area contributed by atoms with Gasteiger partial charge in [0.2, 0.25) is 5.91 Å². The number of thiazole rings is 1. The molecule has 1 aliphatic carbocycles. The first-order chi connectivity index (χ1) is 15.1. The van der Waals surface area contributed by atoms with Crippen molar-refractivity contribution in [1.29, 1.82) is 0 Å². The number of amides is 2. The topological polar surface area (TPSA) is 147 Å². The van der Waals surface area contributed by atoms with E-state index in [-0.39, 0.29) is 16.5 Å². The predicted molar refractivity (Wildman–Crippen MR) is 117 cm³/mol. The molecule has 32 heavy (non-hydrogen) atoms. The van der Waals surface area contributed by atoms with Crippen molar-refractivity contribution in [1.82, 2.24) is 15.2 Å². The Labute approximate surface area is 191 Å². The third-order valence-electron chi connectivity index (χ3n) is 5.84. The highest BCUT2D eigenvalue weighted by Crippen LogP contribution is 2.50. The number of thioether (sulfide) groups is 1. The molecule has 174 valence electrons. The van der Waals surface area contributed by atoms with Gasteiger partial charge in [-0.05, 0) is 33.1 Å². The Morgan fingerprint density at radius 3 is 2.75 bits per heavy atom. The number of β-lactam (4-membered cyclic amide) rings is 1. The Hall–Kier alpha value is -2.41. The van der Waals surface area contributed by atoms with Crippen LogP contribution < -0.4 is 11.1 Å². The Morgan fingerprint density at radius 2 is 2.12 bits per heavy atom. The van der Waals surface area contributed by atoms with E-state index in [9.17, 15) is 23.9 Å². The Kier molecular flexibility index (Phi) is 6.05. The zero-order chi connectivity index (χ0) is 23.2. The van der Waals surface area contributed by atoms with Crippen molar-refractivity contribution >= 4 is 51.7 Å². The van der Waals surface area contributed by atoms with Crippen molar-refractivity contribution in [2.24, 2.45) is 5.16 Å². The largest absolute Gasteiger partial charge is 0.480 e. The Balaban J connectivity index is 1.52. The summed E-state index contributed by atoms with van der Waals surface area (Å²) in [5, 5.41) is 17.3. The minimum atomic E-state index is -1.18. The lowest BCUT2D eigenvalue weighted by Gasteiger charge is -2.43. The maximum absolute atomic E-state index is 14.1. The fourth-order valence-electron chi connectivity index (χ4n) is 4.25. The molecular weight excluding hydrogens is 461 g/mol. The first-order valence-corrected chi connectivity index (χ1v) is 12.0. The van der Waals surface area contributed by atoms with Gasteiger partial charge in [-0.2, -0.15) is 0 Å². The van der Waals surface area contributed by atoms with Gasteiger partial charge in [0.1, 0.15) is 29.3 Å². The van der Waals surface area contributed by atoms with E-state index in [1.165, 1.54) is 22.0 Å². The molecule has 3 fully saturated rings. The number of oxime groups is 1. The zero-order valence-electron chi connectivity index (χ0n) is 17.5. The molecule has 4 rings (SSSR count). The molecule has 2 aliphatic heterocycles. The highest BCUT2D eigenvalue weighted by atomic mass is 32.2. The number of hydrogen-bond acceptors (Lipinski definition) is 9. The molecule has 1 aromatic rings. The van der Waals surface area contributed by atoms with E-state index in [1.54, 1.807) is 13.8 Å². The summed E-state index contributed by atoms with van der Waals surface area (Å²) >= 11 is 2.41. The second-order valence-corrected chi connectivity index (χ2v) is 11.2. The highest BCUT2D eigenvalue weighted by Gasteiger charge is 2.64. The molecule has 5 atom stereocenters. The predicted octanol–water partition coefficient (Wildman–Crippen LogP) is 1.36. The lowest BCUT2D eigenvalue weighted by Crippen LogP contribution is -2.71. The van der Waals surface area contributed by atoms with E-state index in [0.717, 1.165) is 24.2 Å². The summed E-state index contributed by atoms with van der Waals surface area (Å²) in [5.74, 6) is -2.30. The number of halogens is 1. The van der Waals surface area contributed by atoms with Crippen LogP contribution in [0.3, 0.4) is 0 Å². The number of carboxylic acid groups (broad SMARTS) is 1. The van der Waals surface area contributed by atoms with Gasteiger partial charge in [0.15, 0.2) is 16.9 Å². The van der Waals surface area contributed by atoms with Crippen LogP contribution in [-0.2, 0) is 19.2 Å². The number of nitrogens with two attached hydrogens (primary N) is 1. The van der Waals surface area contributed by atoms with Crippen molar-refractivity contribution in [2.45, 2.75) is 74.0 Å². The molecule has 0 aromatic carbocycles. The standard InChI is InChI=1S/C19H24FN5O5S2/c1-19(2)13(17(28)29)25-15(27)12(16(25)32-19)23-14(26)11(9-7-31-18(21)22-9)24-30-10-6-4-3-5-8(10)20/h7-8,10,12-13,16H,3-6H2,1-2H3,(H2,21,22)(H,23,26)(H,28,29)/t8-,10-,12+,13+,16-/m1/s1. The molecule has 1 saturated carbocycles.